The lowest BCUT2D eigenvalue weighted by Gasteiger charge is -2.24. The number of anilines is 1. The Balaban J connectivity index is 1.52. The van der Waals surface area contributed by atoms with Gasteiger partial charge in [-0.15, -0.1) is 0 Å². The maximum Gasteiger partial charge on any atom is 0.267 e. The van der Waals surface area contributed by atoms with Gasteiger partial charge >= 0.3 is 0 Å². The van der Waals surface area contributed by atoms with Crippen molar-refractivity contribution >= 4 is 11.6 Å². The Bertz CT molecular complexity index is 671. The molecule has 24 heavy (non-hydrogen) atoms. The molecule has 2 saturated carbocycles. The smallest absolute Gasteiger partial charge is 0.267 e. The van der Waals surface area contributed by atoms with Gasteiger partial charge in [-0.2, -0.15) is 0 Å². The van der Waals surface area contributed by atoms with E-state index in [1.165, 1.54) is 19.3 Å². The Kier molecular flexibility index (Phi) is 4.08. The van der Waals surface area contributed by atoms with Crippen molar-refractivity contribution in [2.45, 2.75) is 38.2 Å². The minimum Gasteiger partial charge on any atom is -0.493 e. The van der Waals surface area contributed by atoms with Crippen LogP contribution in [0.15, 0.2) is 30.0 Å². The molecule has 2 fully saturated rings. The number of methoxy groups -OCH3 is 1. The van der Waals surface area contributed by atoms with Crippen LogP contribution in [0.5, 0.6) is 11.5 Å². The molecular formula is C19H24N2O3. The molecule has 1 heterocycles. The molecule has 5 nitrogen and oxygen atoms in total. The second-order valence-corrected chi connectivity index (χ2v) is 6.98. The van der Waals surface area contributed by atoms with Gasteiger partial charge in [-0.3, -0.25) is 4.79 Å². The van der Waals surface area contributed by atoms with Gasteiger partial charge in [0.25, 0.3) is 5.91 Å². The Morgan fingerprint density at radius 2 is 2.12 bits per heavy atom. The van der Waals surface area contributed by atoms with Gasteiger partial charge in [-0.05, 0) is 56.1 Å². The van der Waals surface area contributed by atoms with Crippen molar-refractivity contribution in [3.8, 4) is 11.5 Å². The van der Waals surface area contributed by atoms with Gasteiger partial charge in [0.1, 0.15) is 11.8 Å². The van der Waals surface area contributed by atoms with Gasteiger partial charge < -0.3 is 20.1 Å². The van der Waals surface area contributed by atoms with Crippen LogP contribution in [0, 0.1) is 11.8 Å². The number of benzene rings is 1. The molecule has 3 atom stereocenters. The highest BCUT2D eigenvalue weighted by molar-refractivity contribution is 5.97. The second-order valence-electron chi connectivity index (χ2n) is 6.98. The van der Waals surface area contributed by atoms with E-state index in [1.54, 1.807) is 7.11 Å². The van der Waals surface area contributed by atoms with E-state index >= 15 is 0 Å². The van der Waals surface area contributed by atoms with Crippen molar-refractivity contribution in [3.05, 3.63) is 30.0 Å². The largest absolute Gasteiger partial charge is 0.493 e. The lowest BCUT2D eigenvalue weighted by atomic mass is 9.98. The molecule has 1 aromatic carbocycles. The van der Waals surface area contributed by atoms with E-state index in [2.05, 4.69) is 10.6 Å². The lowest BCUT2D eigenvalue weighted by molar-refractivity contribution is -0.117. The maximum atomic E-state index is 11.9. The third-order valence-electron chi connectivity index (χ3n) is 5.42. The number of rotatable bonds is 5. The Morgan fingerprint density at radius 3 is 2.83 bits per heavy atom. The molecule has 0 spiro atoms. The number of amides is 1. The molecule has 1 amide bonds. The molecule has 0 saturated heterocycles. The summed E-state index contributed by atoms with van der Waals surface area (Å²) in [4.78, 5) is 11.9. The van der Waals surface area contributed by atoms with Crippen molar-refractivity contribution in [3.63, 3.8) is 0 Å². The van der Waals surface area contributed by atoms with Crippen LogP contribution in [-0.2, 0) is 4.79 Å². The molecule has 2 aliphatic carbocycles. The van der Waals surface area contributed by atoms with E-state index in [4.69, 9.17) is 9.47 Å². The molecule has 1 aliphatic heterocycles. The van der Waals surface area contributed by atoms with Crippen molar-refractivity contribution in [1.82, 2.24) is 5.32 Å². The molecule has 0 aromatic heterocycles. The monoisotopic (exact) mass is 328 g/mol. The third-order valence-corrected chi connectivity index (χ3v) is 5.42. The highest BCUT2D eigenvalue weighted by Gasteiger charge is 2.41. The summed E-state index contributed by atoms with van der Waals surface area (Å²) in [6.45, 7) is 0.700. The summed E-state index contributed by atoms with van der Waals surface area (Å²) < 4.78 is 11.8. The fourth-order valence-electron chi connectivity index (χ4n) is 4.19. The zero-order chi connectivity index (χ0) is 16.5. The fourth-order valence-corrected chi connectivity index (χ4v) is 4.19. The Hall–Kier alpha value is -2.17. The van der Waals surface area contributed by atoms with Crippen LogP contribution in [0.25, 0.3) is 0 Å². The molecule has 3 aliphatic rings. The fraction of sp³-hybridized carbons (Fsp3) is 0.526. The van der Waals surface area contributed by atoms with Gasteiger partial charge in [0, 0.05) is 18.3 Å². The molecule has 4 rings (SSSR count). The van der Waals surface area contributed by atoms with Gasteiger partial charge in [0.15, 0.2) is 11.5 Å². The minimum atomic E-state index is -0.0624. The van der Waals surface area contributed by atoms with Crippen LogP contribution >= 0.6 is 0 Å². The van der Waals surface area contributed by atoms with E-state index in [1.807, 2.05) is 24.3 Å². The first-order valence-corrected chi connectivity index (χ1v) is 8.83. The van der Waals surface area contributed by atoms with Gasteiger partial charge in [-0.1, -0.05) is 6.08 Å². The van der Waals surface area contributed by atoms with E-state index in [0.29, 0.717) is 24.3 Å². The van der Waals surface area contributed by atoms with Gasteiger partial charge in [0.2, 0.25) is 0 Å². The van der Waals surface area contributed by atoms with E-state index in [-0.39, 0.29) is 5.91 Å². The lowest BCUT2D eigenvalue weighted by Crippen LogP contribution is -2.32. The first-order chi connectivity index (χ1) is 11.7. The zero-order valence-corrected chi connectivity index (χ0v) is 14.0. The highest BCUT2D eigenvalue weighted by Crippen LogP contribution is 2.47. The first-order valence-electron chi connectivity index (χ1n) is 8.83. The standard InChI is InChI=1S/C19H24N2O3/c1-23-16-7-6-14(21-15-3-2-8-20-19(15)22)11-18(16)24-17-10-12-4-5-13(17)9-12/h3,6-7,11-13,17,21H,2,4-5,8-10H2,1H3,(H,20,22). The predicted octanol–water partition coefficient (Wildman–Crippen LogP) is 3.08. The summed E-state index contributed by atoms with van der Waals surface area (Å²) >= 11 is 0. The summed E-state index contributed by atoms with van der Waals surface area (Å²) in [6, 6.07) is 5.74. The van der Waals surface area contributed by atoms with Crippen LogP contribution in [-0.4, -0.2) is 25.7 Å². The minimum absolute atomic E-state index is 0.0624. The van der Waals surface area contributed by atoms with Crippen molar-refractivity contribution in [1.29, 1.82) is 0 Å². The molecule has 128 valence electrons. The van der Waals surface area contributed by atoms with Crippen LogP contribution < -0.4 is 20.1 Å². The molecule has 2 bridgehead atoms. The van der Waals surface area contributed by atoms with E-state index in [0.717, 1.165) is 35.9 Å². The Labute approximate surface area is 142 Å². The first kappa shape index (κ1) is 15.4. The summed E-state index contributed by atoms with van der Waals surface area (Å²) in [7, 11) is 1.66. The van der Waals surface area contributed by atoms with Crippen molar-refractivity contribution < 1.29 is 14.3 Å². The molecule has 2 N–H and O–H groups in total. The predicted molar refractivity (Wildman–Crippen MR) is 92.2 cm³/mol. The van der Waals surface area contributed by atoms with Crippen molar-refractivity contribution in [2.75, 3.05) is 19.0 Å². The number of fused-ring (bicyclic) bond motifs is 2. The molecule has 0 radical (unpaired) electrons. The summed E-state index contributed by atoms with van der Waals surface area (Å²) in [6.07, 6.45) is 8.16. The highest BCUT2D eigenvalue weighted by atomic mass is 16.5. The van der Waals surface area contributed by atoms with Gasteiger partial charge in [-0.25, -0.2) is 0 Å². The number of hydrogen-bond acceptors (Lipinski definition) is 4. The molecule has 5 heteroatoms. The second kappa shape index (κ2) is 6.38. The molecule has 1 aromatic rings. The third kappa shape index (κ3) is 2.95. The van der Waals surface area contributed by atoms with Crippen LogP contribution in [0.1, 0.15) is 32.1 Å². The van der Waals surface area contributed by atoms with Crippen molar-refractivity contribution in [2.24, 2.45) is 11.8 Å². The number of nitrogens with one attached hydrogen (secondary N) is 2. The normalized spacial score (nSPS) is 28.3. The summed E-state index contributed by atoms with van der Waals surface area (Å²) in [5.74, 6) is 2.96. The average molecular weight is 328 g/mol. The number of carbonyl (C=O) groups is 1. The topological polar surface area (TPSA) is 59.6 Å². The SMILES string of the molecule is COc1ccc(NC2=CCCNC2=O)cc1OC1CC2CCC1C2. The van der Waals surface area contributed by atoms with Crippen LogP contribution in [0.4, 0.5) is 5.69 Å². The molecule has 3 unspecified atom stereocenters. The number of ether oxygens (including phenoxy) is 2. The van der Waals surface area contributed by atoms with Crippen LogP contribution in [0.3, 0.4) is 0 Å². The Morgan fingerprint density at radius 1 is 1.21 bits per heavy atom. The molecular weight excluding hydrogens is 304 g/mol. The average Bonchev–Trinajstić information content (AvgIpc) is 3.20. The number of hydrogen-bond donors (Lipinski definition) is 2. The van der Waals surface area contributed by atoms with E-state index in [9.17, 15) is 4.79 Å². The zero-order valence-electron chi connectivity index (χ0n) is 14.0. The quantitative estimate of drug-likeness (QED) is 0.872. The van der Waals surface area contributed by atoms with E-state index < -0.39 is 0 Å². The van der Waals surface area contributed by atoms with Crippen LogP contribution in [0.2, 0.25) is 0 Å². The van der Waals surface area contributed by atoms with Gasteiger partial charge in [0.05, 0.1) is 7.11 Å². The number of carbonyl (C=O) groups excluding carboxylic acids is 1. The summed E-state index contributed by atoms with van der Waals surface area (Å²) in [5.41, 5.74) is 1.44. The maximum absolute atomic E-state index is 11.9. The summed E-state index contributed by atoms with van der Waals surface area (Å²) in [5, 5.41) is 6.04.